The highest BCUT2D eigenvalue weighted by Gasteiger charge is 2.41. The highest BCUT2D eigenvalue weighted by atomic mass is 35.5. The summed E-state index contributed by atoms with van der Waals surface area (Å²) < 4.78 is 6.00. The Morgan fingerprint density at radius 3 is 2.37 bits per heavy atom. The van der Waals surface area contributed by atoms with Crippen molar-refractivity contribution in [1.82, 2.24) is 10.4 Å². The molecule has 0 fully saturated rings. The Hall–Kier alpha value is -1.63. The van der Waals surface area contributed by atoms with E-state index in [9.17, 15) is 9.59 Å². The van der Waals surface area contributed by atoms with Gasteiger partial charge in [0.1, 0.15) is 6.04 Å². The average Bonchev–Trinajstić information content (AvgIpc) is 2.80. The van der Waals surface area contributed by atoms with Crippen LogP contribution in [0.5, 0.6) is 0 Å². The van der Waals surface area contributed by atoms with Gasteiger partial charge in [0.05, 0.1) is 17.3 Å². The summed E-state index contributed by atoms with van der Waals surface area (Å²) in [6.45, 7) is 13.3. The van der Waals surface area contributed by atoms with Gasteiger partial charge in [-0.05, 0) is 66.2 Å². The van der Waals surface area contributed by atoms with Gasteiger partial charge < -0.3 is 9.64 Å². The highest BCUT2D eigenvalue weighted by molar-refractivity contribution is 6.31. The summed E-state index contributed by atoms with van der Waals surface area (Å²) in [6.07, 6.45) is -0.540. The van der Waals surface area contributed by atoms with E-state index >= 15 is 0 Å². The molecule has 2 rings (SSSR count). The zero-order chi connectivity index (χ0) is 20.6. The fourth-order valence-corrected chi connectivity index (χ4v) is 3.19. The van der Waals surface area contributed by atoms with Crippen LogP contribution < -0.4 is 5.48 Å². The van der Waals surface area contributed by atoms with Gasteiger partial charge in [-0.15, -0.1) is 0 Å². The molecule has 0 aliphatic carbocycles. The van der Waals surface area contributed by atoms with Crippen molar-refractivity contribution in [2.24, 2.45) is 0 Å². The van der Waals surface area contributed by atoms with Gasteiger partial charge in [0, 0.05) is 17.1 Å². The van der Waals surface area contributed by atoms with Crippen molar-refractivity contribution in [3.63, 3.8) is 0 Å². The number of hydrogen-bond acceptors (Lipinski definition) is 4. The van der Waals surface area contributed by atoms with Crippen molar-refractivity contribution in [2.45, 2.75) is 78.4 Å². The lowest BCUT2D eigenvalue weighted by atomic mass is 10.1. The van der Waals surface area contributed by atoms with E-state index in [1.807, 2.05) is 47.6 Å². The van der Waals surface area contributed by atoms with Gasteiger partial charge in [0.25, 0.3) is 11.8 Å². The molecule has 1 aliphatic rings. The maximum absolute atomic E-state index is 13.0. The van der Waals surface area contributed by atoms with Crippen LogP contribution in [0.3, 0.4) is 0 Å². The van der Waals surface area contributed by atoms with Gasteiger partial charge in [-0.2, -0.15) is 0 Å². The van der Waals surface area contributed by atoms with Crippen LogP contribution in [0.15, 0.2) is 18.2 Å². The van der Waals surface area contributed by atoms with Gasteiger partial charge in [-0.25, -0.2) is 5.48 Å². The van der Waals surface area contributed by atoms with E-state index < -0.39 is 29.3 Å². The summed E-state index contributed by atoms with van der Waals surface area (Å²) in [7, 11) is 0. The molecule has 27 heavy (non-hydrogen) atoms. The number of hydroxylamine groups is 1. The fraction of sp³-hybridized carbons (Fsp3) is 0.600. The lowest BCUT2D eigenvalue weighted by molar-refractivity contribution is -0.159. The molecule has 1 aliphatic heterocycles. The number of nitrogens with zero attached hydrogens (tertiary/aromatic N) is 1. The molecule has 1 heterocycles. The number of ether oxygens (including phenoxy) is 1. The van der Waals surface area contributed by atoms with Crippen molar-refractivity contribution in [3.05, 3.63) is 34.3 Å². The Morgan fingerprint density at radius 2 is 1.81 bits per heavy atom. The molecule has 7 heteroatoms. The number of benzene rings is 1. The third-order valence-corrected chi connectivity index (χ3v) is 4.19. The molecule has 1 aromatic rings. The standard InChI is InChI=1S/C20H29ClN2O4/c1-12(26-19(2,3)4)16(17(24)22-27-20(5,6)7)23-11-13-8-9-14(21)10-15(13)18(23)25/h8-10,12,16H,11H2,1-7H3,(H,22,24)/t12-,16+/m1/s1. The minimum absolute atomic E-state index is 0.243. The number of nitrogens with one attached hydrogen (secondary N) is 1. The average molecular weight is 397 g/mol. The van der Waals surface area contributed by atoms with Crippen LogP contribution >= 0.6 is 11.6 Å². The van der Waals surface area contributed by atoms with E-state index in [0.29, 0.717) is 17.1 Å². The predicted molar refractivity (Wildman–Crippen MR) is 104 cm³/mol. The second-order valence-electron chi connectivity index (χ2n) is 8.80. The van der Waals surface area contributed by atoms with E-state index in [1.54, 1.807) is 19.1 Å². The van der Waals surface area contributed by atoms with E-state index in [0.717, 1.165) is 5.56 Å². The molecule has 0 saturated carbocycles. The first-order valence-electron chi connectivity index (χ1n) is 9.03. The largest absolute Gasteiger partial charge is 0.370 e. The molecule has 0 unspecified atom stereocenters. The number of carbonyl (C=O) groups is 2. The molecule has 1 aromatic carbocycles. The van der Waals surface area contributed by atoms with Crippen LogP contribution in [-0.4, -0.2) is 40.1 Å². The zero-order valence-electron chi connectivity index (χ0n) is 17.1. The predicted octanol–water partition coefficient (Wildman–Crippen LogP) is 3.71. The third kappa shape index (κ3) is 5.67. The Labute approximate surface area is 166 Å². The summed E-state index contributed by atoms with van der Waals surface area (Å²) in [6, 6.07) is 4.34. The number of carbonyl (C=O) groups excluding carboxylic acids is 2. The molecule has 2 amide bonds. The van der Waals surface area contributed by atoms with Gasteiger partial charge in [0.2, 0.25) is 0 Å². The van der Waals surface area contributed by atoms with E-state index in [4.69, 9.17) is 21.2 Å². The van der Waals surface area contributed by atoms with Crippen LogP contribution in [-0.2, 0) is 20.9 Å². The summed E-state index contributed by atoms with van der Waals surface area (Å²) in [4.78, 5) is 32.8. The van der Waals surface area contributed by atoms with Crippen LogP contribution in [0, 0.1) is 0 Å². The van der Waals surface area contributed by atoms with E-state index in [1.165, 1.54) is 4.90 Å². The van der Waals surface area contributed by atoms with E-state index in [2.05, 4.69) is 5.48 Å². The molecule has 0 spiro atoms. The second-order valence-corrected chi connectivity index (χ2v) is 9.23. The minimum atomic E-state index is -0.842. The van der Waals surface area contributed by atoms with Crippen molar-refractivity contribution in [3.8, 4) is 0 Å². The van der Waals surface area contributed by atoms with Crippen LogP contribution in [0.1, 0.15) is 64.4 Å². The third-order valence-electron chi connectivity index (χ3n) is 3.95. The summed E-state index contributed by atoms with van der Waals surface area (Å²) >= 11 is 6.03. The SMILES string of the molecule is C[C@@H](OC(C)(C)C)[C@@H](C(=O)NOC(C)(C)C)N1Cc2ccc(Cl)cc2C1=O. The summed E-state index contributed by atoms with van der Waals surface area (Å²) in [5.74, 6) is -0.665. The number of hydrogen-bond donors (Lipinski definition) is 1. The summed E-state index contributed by atoms with van der Waals surface area (Å²) in [5.41, 5.74) is 2.81. The number of fused-ring (bicyclic) bond motifs is 1. The quantitative estimate of drug-likeness (QED) is 0.770. The Balaban J connectivity index is 2.30. The van der Waals surface area contributed by atoms with Crippen molar-refractivity contribution in [2.75, 3.05) is 0 Å². The number of halogens is 1. The van der Waals surface area contributed by atoms with Crippen LogP contribution in [0.25, 0.3) is 0 Å². The lowest BCUT2D eigenvalue weighted by Crippen LogP contribution is -2.55. The summed E-state index contributed by atoms with van der Waals surface area (Å²) in [5, 5.41) is 0.486. The fourth-order valence-electron chi connectivity index (χ4n) is 3.01. The molecule has 0 bridgehead atoms. The number of rotatable bonds is 5. The molecule has 0 aromatic heterocycles. The monoisotopic (exact) mass is 396 g/mol. The molecule has 2 atom stereocenters. The molecule has 1 N–H and O–H groups in total. The normalized spacial score (nSPS) is 16.9. The Bertz CT molecular complexity index is 722. The first-order valence-corrected chi connectivity index (χ1v) is 9.41. The molecule has 0 radical (unpaired) electrons. The van der Waals surface area contributed by atoms with Crippen LogP contribution in [0.4, 0.5) is 0 Å². The molecular weight excluding hydrogens is 368 g/mol. The maximum Gasteiger partial charge on any atom is 0.269 e. The molecule has 6 nitrogen and oxygen atoms in total. The first-order chi connectivity index (χ1) is 12.3. The van der Waals surface area contributed by atoms with Crippen molar-refractivity contribution < 1.29 is 19.2 Å². The Morgan fingerprint density at radius 1 is 1.19 bits per heavy atom. The molecule has 150 valence electrons. The Kier molecular flexibility index (Phi) is 6.24. The zero-order valence-corrected chi connectivity index (χ0v) is 17.8. The molecular formula is C20H29ClN2O4. The van der Waals surface area contributed by atoms with Gasteiger partial charge in [-0.3, -0.25) is 14.4 Å². The van der Waals surface area contributed by atoms with E-state index in [-0.39, 0.29) is 5.91 Å². The van der Waals surface area contributed by atoms with Gasteiger partial charge >= 0.3 is 0 Å². The van der Waals surface area contributed by atoms with Crippen molar-refractivity contribution >= 4 is 23.4 Å². The second kappa shape index (κ2) is 7.78. The highest BCUT2D eigenvalue weighted by Crippen LogP contribution is 2.29. The first kappa shape index (κ1) is 21.7. The van der Waals surface area contributed by atoms with Crippen molar-refractivity contribution in [1.29, 1.82) is 0 Å². The van der Waals surface area contributed by atoms with Crippen LogP contribution in [0.2, 0.25) is 5.02 Å². The lowest BCUT2D eigenvalue weighted by Gasteiger charge is -2.35. The smallest absolute Gasteiger partial charge is 0.269 e. The molecule has 0 saturated heterocycles. The van der Waals surface area contributed by atoms with Gasteiger partial charge in [-0.1, -0.05) is 17.7 Å². The van der Waals surface area contributed by atoms with Gasteiger partial charge in [0.15, 0.2) is 0 Å². The minimum Gasteiger partial charge on any atom is -0.370 e. The maximum atomic E-state index is 13.0. The topological polar surface area (TPSA) is 67.9 Å². The number of amides is 2.